The van der Waals surface area contributed by atoms with Crippen molar-refractivity contribution in [3.63, 3.8) is 0 Å². The average Bonchev–Trinajstić information content (AvgIpc) is 2.73. The van der Waals surface area contributed by atoms with E-state index in [0.29, 0.717) is 29.2 Å². The van der Waals surface area contributed by atoms with Crippen LogP contribution in [0.2, 0.25) is 5.15 Å². The summed E-state index contributed by atoms with van der Waals surface area (Å²) in [5.74, 6) is 1.66. The molecule has 1 amide bonds. The van der Waals surface area contributed by atoms with Crippen molar-refractivity contribution < 1.29 is 9.32 Å². The lowest BCUT2D eigenvalue weighted by atomic mass is 10.0. The van der Waals surface area contributed by atoms with Gasteiger partial charge in [0.25, 0.3) is 0 Å². The molecule has 1 saturated heterocycles. The lowest BCUT2D eigenvalue weighted by Gasteiger charge is -2.20. The fourth-order valence-electron chi connectivity index (χ4n) is 3.12. The topological polar surface area (TPSA) is 46.3 Å². The lowest BCUT2D eigenvalue weighted by molar-refractivity contribution is -0.131. The fourth-order valence-corrected chi connectivity index (χ4v) is 3.28. The summed E-state index contributed by atoms with van der Waals surface area (Å²) in [7, 11) is 0. The maximum Gasteiger partial charge on any atom is 0.223 e. The highest BCUT2D eigenvalue weighted by Crippen LogP contribution is 2.59. The number of rotatable bonds is 4. The second kappa shape index (κ2) is 4.26. The van der Waals surface area contributed by atoms with Crippen LogP contribution in [0.5, 0.6) is 0 Å². The molecule has 4 nitrogen and oxygen atoms in total. The molecule has 0 radical (unpaired) electrons. The number of fused-ring (bicyclic) bond motifs is 1. The molecule has 1 saturated carbocycles. The molecule has 0 aromatic carbocycles. The molecule has 1 aromatic heterocycles. The summed E-state index contributed by atoms with van der Waals surface area (Å²) in [6.45, 7) is 4.12. The third-order valence-electron chi connectivity index (χ3n) is 4.48. The van der Waals surface area contributed by atoms with Crippen LogP contribution in [0.3, 0.4) is 0 Å². The molecule has 2 aliphatic rings. The number of aryl methyl sites for hydroxylation is 1. The maximum absolute atomic E-state index is 12.1. The monoisotopic (exact) mass is 268 g/mol. The van der Waals surface area contributed by atoms with Crippen molar-refractivity contribution in [1.82, 2.24) is 10.1 Å². The number of hydrogen-bond donors (Lipinski definition) is 0. The Hall–Kier alpha value is -1.03. The molecule has 0 N–H and O–H groups in total. The summed E-state index contributed by atoms with van der Waals surface area (Å²) in [6, 6.07) is 1.67. The molecule has 0 bridgehead atoms. The molecule has 2 unspecified atom stereocenters. The van der Waals surface area contributed by atoms with Gasteiger partial charge in [0.1, 0.15) is 5.76 Å². The van der Waals surface area contributed by atoms with Gasteiger partial charge in [-0.25, -0.2) is 0 Å². The Balaban J connectivity index is 1.51. The highest BCUT2D eigenvalue weighted by Gasteiger charge is 2.59. The van der Waals surface area contributed by atoms with E-state index in [2.05, 4.69) is 12.1 Å². The second-order valence-electron chi connectivity index (χ2n) is 5.51. The van der Waals surface area contributed by atoms with Crippen molar-refractivity contribution in [2.24, 2.45) is 11.3 Å². The van der Waals surface area contributed by atoms with E-state index in [1.54, 1.807) is 6.07 Å². The van der Waals surface area contributed by atoms with Crippen molar-refractivity contribution in [3.05, 3.63) is 17.0 Å². The van der Waals surface area contributed by atoms with E-state index in [9.17, 15) is 4.79 Å². The zero-order chi connectivity index (χ0) is 12.8. The van der Waals surface area contributed by atoms with Gasteiger partial charge < -0.3 is 9.42 Å². The van der Waals surface area contributed by atoms with Gasteiger partial charge in [-0.05, 0) is 24.2 Å². The smallest absolute Gasteiger partial charge is 0.223 e. The number of nitrogens with zero attached hydrogens (tertiary/aromatic N) is 2. The second-order valence-corrected chi connectivity index (χ2v) is 5.89. The molecule has 2 fully saturated rings. The Morgan fingerprint density at radius 2 is 2.56 bits per heavy atom. The predicted molar refractivity (Wildman–Crippen MR) is 67.2 cm³/mol. The van der Waals surface area contributed by atoms with Gasteiger partial charge in [-0.1, -0.05) is 23.7 Å². The number of carbonyl (C=O) groups excluding carboxylic acids is 1. The normalized spacial score (nSPS) is 29.4. The van der Waals surface area contributed by atoms with Crippen LogP contribution in [-0.2, 0) is 11.2 Å². The first-order valence-corrected chi connectivity index (χ1v) is 6.89. The van der Waals surface area contributed by atoms with Crippen LogP contribution in [-0.4, -0.2) is 29.1 Å². The molecule has 2 heterocycles. The summed E-state index contributed by atoms with van der Waals surface area (Å²) in [5, 5.41) is 3.95. The first-order chi connectivity index (χ1) is 8.63. The molecule has 1 aromatic rings. The summed E-state index contributed by atoms with van der Waals surface area (Å²) in [5.41, 5.74) is 0.463. The number of amides is 1. The number of hydrogen-bond acceptors (Lipinski definition) is 3. The molecule has 1 aliphatic heterocycles. The summed E-state index contributed by atoms with van der Waals surface area (Å²) in [4.78, 5) is 14.1. The minimum absolute atomic E-state index is 0.225. The number of halogens is 1. The fraction of sp³-hybridized carbons (Fsp3) is 0.692. The lowest BCUT2D eigenvalue weighted by Crippen LogP contribution is -2.31. The number of piperidine rings is 1. The third kappa shape index (κ3) is 2.03. The Kier molecular flexibility index (Phi) is 2.85. The Labute approximate surface area is 111 Å². The van der Waals surface area contributed by atoms with Crippen LogP contribution in [0, 0.1) is 11.3 Å². The van der Waals surface area contributed by atoms with Gasteiger partial charge in [0, 0.05) is 32.0 Å². The predicted octanol–water partition coefficient (Wildman–Crippen LogP) is 2.52. The molecular formula is C13H17ClN2O2. The van der Waals surface area contributed by atoms with Gasteiger partial charge in [-0.3, -0.25) is 4.79 Å². The zero-order valence-electron chi connectivity index (χ0n) is 10.5. The highest BCUT2D eigenvalue weighted by molar-refractivity contribution is 6.29. The molecule has 98 valence electrons. The van der Waals surface area contributed by atoms with Gasteiger partial charge in [0.2, 0.25) is 5.91 Å². The Morgan fingerprint density at radius 3 is 3.17 bits per heavy atom. The number of likely N-dealkylation sites (tertiary alicyclic amines) is 1. The van der Waals surface area contributed by atoms with Gasteiger partial charge in [0.15, 0.2) is 5.15 Å². The molecule has 1 aliphatic carbocycles. The van der Waals surface area contributed by atoms with Gasteiger partial charge in [0.05, 0.1) is 0 Å². The SMILES string of the molecule is CCC12CC1CN(C(=O)CCc1cc(Cl)no1)C2. The van der Waals surface area contributed by atoms with Crippen LogP contribution in [0.25, 0.3) is 0 Å². The van der Waals surface area contributed by atoms with Crippen molar-refractivity contribution in [1.29, 1.82) is 0 Å². The average molecular weight is 269 g/mol. The van der Waals surface area contributed by atoms with Crippen LogP contribution >= 0.6 is 11.6 Å². The first-order valence-electron chi connectivity index (χ1n) is 6.52. The van der Waals surface area contributed by atoms with E-state index in [-0.39, 0.29) is 5.91 Å². The maximum atomic E-state index is 12.1. The largest absolute Gasteiger partial charge is 0.360 e. The van der Waals surface area contributed by atoms with Crippen LogP contribution in [0.15, 0.2) is 10.6 Å². The molecule has 0 spiro atoms. The summed E-state index contributed by atoms with van der Waals surface area (Å²) < 4.78 is 5.00. The summed E-state index contributed by atoms with van der Waals surface area (Å²) >= 11 is 5.66. The highest BCUT2D eigenvalue weighted by atomic mass is 35.5. The van der Waals surface area contributed by atoms with Gasteiger partial charge in [-0.2, -0.15) is 0 Å². The molecule has 5 heteroatoms. The molecular weight excluding hydrogens is 252 g/mol. The quantitative estimate of drug-likeness (QED) is 0.843. The van der Waals surface area contributed by atoms with Crippen molar-refractivity contribution in [2.45, 2.75) is 32.6 Å². The van der Waals surface area contributed by atoms with Crippen LogP contribution in [0.1, 0.15) is 31.9 Å². The van der Waals surface area contributed by atoms with Gasteiger partial charge in [-0.15, -0.1) is 0 Å². The molecule has 3 rings (SSSR count). The van der Waals surface area contributed by atoms with Crippen LogP contribution in [0.4, 0.5) is 0 Å². The Bertz CT molecular complexity index is 469. The number of carbonyl (C=O) groups is 1. The Morgan fingerprint density at radius 1 is 1.72 bits per heavy atom. The van der Waals surface area contributed by atoms with Crippen LogP contribution < -0.4 is 0 Å². The first kappa shape index (κ1) is 12.0. The third-order valence-corrected chi connectivity index (χ3v) is 4.66. The standard InChI is InChI=1S/C13H17ClN2O2/c1-2-13-6-9(13)7-16(8-13)12(17)4-3-10-5-11(14)15-18-10/h5,9H,2-4,6-8H2,1H3. The molecule has 2 atom stereocenters. The van der Waals surface area contributed by atoms with Crippen molar-refractivity contribution in [2.75, 3.05) is 13.1 Å². The van der Waals surface area contributed by atoms with E-state index >= 15 is 0 Å². The van der Waals surface area contributed by atoms with E-state index < -0.39 is 0 Å². The van der Waals surface area contributed by atoms with E-state index in [0.717, 1.165) is 19.0 Å². The van der Waals surface area contributed by atoms with Crippen molar-refractivity contribution in [3.8, 4) is 0 Å². The minimum Gasteiger partial charge on any atom is -0.360 e. The zero-order valence-corrected chi connectivity index (χ0v) is 11.2. The summed E-state index contributed by atoms with van der Waals surface area (Å²) in [6.07, 6.45) is 3.57. The van der Waals surface area contributed by atoms with E-state index in [1.807, 2.05) is 4.90 Å². The molecule has 18 heavy (non-hydrogen) atoms. The minimum atomic E-state index is 0.225. The van der Waals surface area contributed by atoms with E-state index in [1.165, 1.54) is 12.8 Å². The van der Waals surface area contributed by atoms with Gasteiger partial charge >= 0.3 is 0 Å². The number of aromatic nitrogens is 1. The van der Waals surface area contributed by atoms with E-state index in [4.69, 9.17) is 16.1 Å². The van der Waals surface area contributed by atoms with Crippen molar-refractivity contribution >= 4 is 17.5 Å².